The lowest BCUT2D eigenvalue weighted by atomic mass is 9.99. The Morgan fingerprint density at radius 3 is 2.88 bits per heavy atom. The molecule has 0 spiro atoms. The summed E-state index contributed by atoms with van der Waals surface area (Å²) in [4.78, 5) is 0. The van der Waals surface area contributed by atoms with Crippen LogP contribution in [0.5, 0.6) is 5.75 Å². The zero-order chi connectivity index (χ0) is 11.8. The fourth-order valence-electron chi connectivity index (χ4n) is 2.45. The molecule has 2 heterocycles. The van der Waals surface area contributed by atoms with Gasteiger partial charge in [-0.2, -0.15) is 0 Å². The molecule has 2 heteroatoms. The number of pyridine rings is 1. The van der Waals surface area contributed by atoms with Gasteiger partial charge < -0.3 is 4.74 Å². The molecular weight excluding hydrogens is 210 g/mol. The number of aryl methyl sites for hydroxylation is 2. The quantitative estimate of drug-likeness (QED) is 0.681. The highest BCUT2D eigenvalue weighted by Gasteiger charge is 2.23. The molecule has 86 valence electrons. The lowest BCUT2D eigenvalue weighted by Gasteiger charge is -2.09. The number of rotatable bonds is 1. The second-order valence-corrected chi connectivity index (χ2v) is 4.54. The molecule has 0 unspecified atom stereocenters. The first-order chi connectivity index (χ1) is 8.27. The van der Waals surface area contributed by atoms with Crippen molar-refractivity contribution in [3.05, 3.63) is 47.7 Å². The number of hydrogen-bond donors (Lipinski definition) is 0. The third kappa shape index (κ3) is 1.60. The molecule has 0 bridgehead atoms. The summed E-state index contributed by atoms with van der Waals surface area (Å²) in [5.74, 6) is 1.08. The van der Waals surface area contributed by atoms with E-state index in [1.54, 1.807) is 0 Å². The van der Waals surface area contributed by atoms with Crippen molar-refractivity contribution in [3.8, 4) is 17.0 Å². The number of ether oxygens (including phenoxy) is 1. The van der Waals surface area contributed by atoms with Gasteiger partial charge in [0.05, 0.1) is 12.2 Å². The van der Waals surface area contributed by atoms with Gasteiger partial charge in [0.1, 0.15) is 12.8 Å². The topological polar surface area (TPSA) is 13.1 Å². The van der Waals surface area contributed by atoms with Crippen molar-refractivity contribution in [1.29, 1.82) is 0 Å². The Morgan fingerprint density at radius 2 is 2.06 bits per heavy atom. The molecule has 1 aromatic heterocycles. The molecule has 2 nitrogen and oxygen atoms in total. The number of benzene rings is 1. The van der Waals surface area contributed by atoms with Crippen LogP contribution >= 0.6 is 0 Å². The predicted molar refractivity (Wildman–Crippen MR) is 67.0 cm³/mol. The summed E-state index contributed by atoms with van der Waals surface area (Å²) in [5, 5.41) is 0. The van der Waals surface area contributed by atoms with Gasteiger partial charge in [-0.25, -0.2) is 4.57 Å². The molecule has 1 aliphatic rings. The van der Waals surface area contributed by atoms with E-state index in [-0.39, 0.29) is 0 Å². The van der Waals surface area contributed by atoms with E-state index in [1.807, 2.05) is 6.07 Å². The van der Waals surface area contributed by atoms with Crippen molar-refractivity contribution in [3.63, 3.8) is 0 Å². The molecule has 0 saturated carbocycles. The molecule has 17 heavy (non-hydrogen) atoms. The minimum atomic E-state index is 0.808. The van der Waals surface area contributed by atoms with Gasteiger partial charge >= 0.3 is 0 Å². The molecule has 1 aromatic carbocycles. The summed E-state index contributed by atoms with van der Waals surface area (Å²) < 4.78 is 7.95. The maximum Gasteiger partial charge on any atom is 0.216 e. The first-order valence-corrected chi connectivity index (χ1v) is 5.97. The van der Waals surface area contributed by atoms with E-state index in [0.717, 1.165) is 18.8 Å². The summed E-state index contributed by atoms with van der Waals surface area (Å²) in [6.45, 7) is 2.95. The zero-order valence-electron chi connectivity index (χ0n) is 10.2. The van der Waals surface area contributed by atoms with E-state index in [1.165, 1.54) is 22.4 Å². The Hall–Kier alpha value is -1.83. The second-order valence-electron chi connectivity index (χ2n) is 4.54. The molecule has 1 aliphatic heterocycles. The minimum Gasteiger partial charge on any atom is -0.492 e. The highest BCUT2D eigenvalue weighted by molar-refractivity contribution is 5.71. The van der Waals surface area contributed by atoms with Crippen molar-refractivity contribution in [2.24, 2.45) is 7.05 Å². The van der Waals surface area contributed by atoms with E-state index in [0.29, 0.717) is 0 Å². The maximum atomic E-state index is 5.81. The zero-order valence-corrected chi connectivity index (χ0v) is 10.2. The van der Waals surface area contributed by atoms with Crippen LogP contribution in [-0.2, 0) is 13.5 Å². The molecule has 0 atom stereocenters. The normalized spacial score (nSPS) is 13.3. The van der Waals surface area contributed by atoms with Crippen molar-refractivity contribution < 1.29 is 9.30 Å². The monoisotopic (exact) mass is 226 g/mol. The van der Waals surface area contributed by atoms with E-state index in [9.17, 15) is 0 Å². The highest BCUT2D eigenvalue weighted by atomic mass is 16.5. The minimum absolute atomic E-state index is 0.808. The van der Waals surface area contributed by atoms with Crippen LogP contribution in [0.3, 0.4) is 0 Å². The first-order valence-electron chi connectivity index (χ1n) is 5.97. The van der Waals surface area contributed by atoms with E-state index in [4.69, 9.17) is 4.74 Å². The lowest BCUT2D eigenvalue weighted by Crippen LogP contribution is -2.30. The Morgan fingerprint density at radius 1 is 1.18 bits per heavy atom. The number of nitrogens with zero attached hydrogens (tertiary/aromatic N) is 1. The fraction of sp³-hybridized carbons (Fsp3) is 0.267. The third-order valence-corrected chi connectivity index (χ3v) is 3.38. The Kier molecular flexibility index (Phi) is 2.36. The van der Waals surface area contributed by atoms with E-state index >= 15 is 0 Å². The average Bonchev–Trinajstić information content (AvgIpc) is 2.79. The van der Waals surface area contributed by atoms with Gasteiger partial charge in [0.2, 0.25) is 5.69 Å². The molecule has 0 radical (unpaired) electrons. The van der Waals surface area contributed by atoms with Gasteiger partial charge in [-0.05, 0) is 24.1 Å². The van der Waals surface area contributed by atoms with Crippen LogP contribution in [0.2, 0.25) is 0 Å². The Labute approximate surface area is 101 Å². The van der Waals surface area contributed by atoms with Crippen LogP contribution < -0.4 is 9.30 Å². The summed E-state index contributed by atoms with van der Waals surface area (Å²) >= 11 is 0. The van der Waals surface area contributed by atoms with Crippen LogP contribution in [0.15, 0.2) is 36.5 Å². The Balaban J connectivity index is 2.28. The van der Waals surface area contributed by atoms with Crippen LogP contribution in [0, 0.1) is 6.92 Å². The van der Waals surface area contributed by atoms with Gasteiger partial charge in [0.15, 0.2) is 6.20 Å². The smallest absolute Gasteiger partial charge is 0.216 e. The molecule has 0 N–H and O–H groups in total. The predicted octanol–water partition coefficient (Wildman–Crippen LogP) is 2.42. The van der Waals surface area contributed by atoms with Crippen LogP contribution in [0.4, 0.5) is 0 Å². The van der Waals surface area contributed by atoms with Crippen LogP contribution in [0.1, 0.15) is 11.1 Å². The largest absolute Gasteiger partial charge is 0.492 e. The van der Waals surface area contributed by atoms with Crippen LogP contribution in [-0.4, -0.2) is 6.61 Å². The van der Waals surface area contributed by atoms with Crippen molar-refractivity contribution in [1.82, 2.24) is 0 Å². The number of aromatic nitrogens is 1. The highest BCUT2D eigenvalue weighted by Crippen LogP contribution is 2.37. The lowest BCUT2D eigenvalue weighted by molar-refractivity contribution is -0.660. The van der Waals surface area contributed by atoms with Gasteiger partial charge in [0, 0.05) is 18.6 Å². The maximum absolute atomic E-state index is 5.81. The summed E-state index contributed by atoms with van der Waals surface area (Å²) in [7, 11) is 2.07. The summed E-state index contributed by atoms with van der Waals surface area (Å²) in [5.41, 5.74) is 5.05. The SMILES string of the molecule is Cc1ccc2c(c1-c1cccc[n+]1C)OCC2. The molecule has 3 rings (SSSR count). The molecule has 0 aliphatic carbocycles. The van der Waals surface area contributed by atoms with Gasteiger partial charge in [-0.15, -0.1) is 0 Å². The fourth-order valence-corrected chi connectivity index (χ4v) is 2.45. The van der Waals surface area contributed by atoms with Gasteiger partial charge in [0.25, 0.3) is 0 Å². The number of hydrogen-bond acceptors (Lipinski definition) is 1. The number of fused-ring (bicyclic) bond motifs is 1. The van der Waals surface area contributed by atoms with E-state index in [2.05, 4.69) is 49.0 Å². The summed E-state index contributed by atoms with van der Waals surface area (Å²) in [6.07, 6.45) is 3.10. The Bertz CT molecular complexity index is 575. The van der Waals surface area contributed by atoms with Crippen molar-refractivity contribution in [2.45, 2.75) is 13.3 Å². The van der Waals surface area contributed by atoms with Gasteiger partial charge in [-0.3, -0.25) is 0 Å². The molecule has 0 amide bonds. The third-order valence-electron chi connectivity index (χ3n) is 3.38. The molecular formula is C15H16NO+. The van der Waals surface area contributed by atoms with E-state index < -0.39 is 0 Å². The van der Waals surface area contributed by atoms with Crippen molar-refractivity contribution >= 4 is 0 Å². The first kappa shape index (κ1) is 10.3. The second kappa shape index (κ2) is 3.88. The van der Waals surface area contributed by atoms with Crippen LogP contribution in [0.25, 0.3) is 11.3 Å². The van der Waals surface area contributed by atoms with Gasteiger partial charge in [-0.1, -0.05) is 12.1 Å². The standard InChI is InChI=1S/C15H16NO/c1-11-6-7-12-8-10-17-15(12)14(11)13-5-3-4-9-16(13)2/h3-7,9H,8,10H2,1-2H3/q+1. The van der Waals surface area contributed by atoms with Crippen molar-refractivity contribution in [2.75, 3.05) is 6.61 Å². The molecule has 0 saturated heterocycles. The summed E-state index contributed by atoms with van der Waals surface area (Å²) in [6, 6.07) is 10.6. The average molecular weight is 226 g/mol. The molecule has 0 fully saturated rings. The molecule has 2 aromatic rings.